The monoisotopic (exact) mass is 492 g/mol. The van der Waals surface area contributed by atoms with Gasteiger partial charge in [0.2, 0.25) is 11.9 Å². The molecule has 0 fully saturated rings. The highest BCUT2D eigenvalue weighted by Gasteiger charge is 2.15. The summed E-state index contributed by atoms with van der Waals surface area (Å²) in [5.74, 6) is -0.473. The quantitative estimate of drug-likeness (QED) is 0.331. The third-order valence-corrected chi connectivity index (χ3v) is 5.49. The number of hydrogen-bond donors (Lipinski definition) is 3. The van der Waals surface area contributed by atoms with Gasteiger partial charge in [-0.3, -0.25) is 10.1 Å². The van der Waals surface area contributed by atoms with Crippen molar-refractivity contribution in [1.82, 2.24) is 5.32 Å². The first-order valence-electron chi connectivity index (χ1n) is 10.5. The number of methoxy groups -OCH3 is 2. The van der Waals surface area contributed by atoms with E-state index in [1.807, 2.05) is 66.7 Å². The standard InChI is InChI=1S/C25H24N4O5S/c1-33-24(31)28-23(29-25(32)34-2)27-21-16-19(35-18-11-7-4-8-12-18)13-14-20(21)26-22(30)15-17-9-5-3-6-10-17/h3-14,16H,15H2,1-2H3,(H,26,30)(H2,27,28,29,31,32). The van der Waals surface area contributed by atoms with Gasteiger partial charge in [0, 0.05) is 9.79 Å². The number of nitrogens with zero attached hydrogens (tertiary/aromatic N) is 1. The van der Waals surface area contributed by atoms with Crippen LogP contribution in [0, 0.1) is 0 Å². The van der Waals surface area contributed by atoms with Gasteiger partial charge in [0.15, 0.2) is 0 Å². The van der Waals surface area contributed by atoms with Gasteiger partial charge in [-0.1, -0.05) is 60.3 Å². The molecule has 0 heterocycles. The predicted molar refractivity (Wildman–Crippen MR) is 135 cm³/mol. The Morgan fingerprint density at radius 3 is 2.14 bits per heavy atom. The molecule has 0 spiro atoms. The lowest BCUT2D eigenvalue weighted by atomic mass is 10.1. The minimum Gasteiger partial charge on any atom is -0.453 e. The van der Waals surface area contributed by atoms with E-state index in [1.165, 1.54) is 18.9 Å². The topological polar surface area (TPSA) is 118 Å². The van der Waals surface area contributed by atoms with Gasteiger partial charge in [0.05, 0.1) is 32.0 Å². The number of carbonyl (C=O) groups excluding carboxylic acids is 3. The molecule has 0 bridgehead atoms. The summed E-state index contributed by atoms with van der Waals surface area (Å²) in [5, 5.41) is 8.07. The Morgan fingerprint density at radius 1 is 0.800 bits per heavy atom. The van der Waals surface area contributed by atoms with Crippen LogP contribution in [0.2, 0.25) is 0 Å². The van der Waals surface area contributed by atoms with Crippen LogP contribution >= 0.6 is 11.8 Å². The molecule has 180 valence electrons. The van der Waals surface area contributed by atoms with Crippen molar-refractivity contribution in [3.05, 3.63) is 84.4 Å². The number of aliphatic imine (C=N–C) groups is 1. The van der Waals surface area contributed by atoms with Crippen LogP contribution in [0.15, 0.2) is 93.6 Å². The van der Waals surface area contributed by atoms with E-state index in [1.54, 1.807) is 12.1 Å². The van der Waals surface area contributed by atoms with Crippen molar-refractivity contribution in [3.8, 4) is 0 Å². The van der Waals surface area contributed by atoms with Crippen molar-refractivity contribution in [3.63, 3.8) is 0 Å². The maximum atomic E-state index is 12.7. The Balaban J connectivity index is 1.90. The zero-order valence-corrected chi connectivity index (χ0v) is 19.9. The van der Waals surface area contributed by atoms with Crippen LogP contribution in [-0.2, 0) is 20.7 Å². The van der Waals surface area contributed by atoms with Crippen LogP contribution in [-0.4, -0.2) is 38.3 Å². The molecule has 0 radical (unpaired) electrons. The average Bonchev–Trinajstić information content (AvgIpc) is 2.86. The Morgan fingerprint density at radius 2 is 1.49 bits per heavy atom. The fourth-order valence-electron chi connectivity index (χ4n) is 2.90. The zero-order valence-electron chi connectivity index (χ0n) is 19.1. The molecule has 0 atom stereocenters. The zero-order chi connectivity index (χ0) is 25.0. The second kappa shape index (κ2) is 12.8. The molecule has 0 aliphatic carbocycles. The minimum absolute atomic E-state index is 0.171. The van der Waals surface area contributed by atoms with Crippen LogP contribution in [0.5, 0.6) is 0 Å². The Hall–Kier alpha value is -4.31. The smallest absolute Gasteiger partial charge is 0.436 e. The normalized spacial score (nSPS) is 10.7. The van der Waals surface area contributed by atoms with Gasteiger partial charge in [0.1, 0.15) is 0 Å². The summed E-state index contributed by atoms with van der Waals surface area (Å²) in [6.45, 7) is 0. The molecule has 0 aromatic heterocycles. The van der Waals surface area contributed by atoms with E-state index < -0.39 is 12.2 Å². The van der Waals surface area contributed by atoms with Crippen molar-refractivity contribution in [2.75, 3.05) is 24.9 Å². The van der Waals surface area contributed by atoms with E-state index >= 15 is 0 Å². The summed E-state index contributed by atoms with van der Waals surface area (Å²) >= 11 is 1.50. The lowest BCUT2D eigenvalue weighted by Crippen LogP contribution is -2.36. The average molecular weight is 493 g/mol. The number of hydrogen-bond acceptors (Lipinski definition) is 6. The number of guanidine groups is 1. The molecule has 3 amide bonds. The maximum Gasteiger partial charge on any atom is 0.436 e. The summed E-state index contributed by atoms with van der Waals surface area (Å²) in [6, 6.07) is 24.4. The van der Waals surface area contributed by atoms with E-state index in [-0.39, 0.29) is 18.3 Å². The van der Waals surface area contributed by atoms with Gasteiger partial charge in [0.25, 0.3) is 0 Å². The molecule has 3 rings (SSSR count). The van der Waals surface area contributed by atoms with Gasteiger partial charge in [-0.25, -0.2) is 9.59 Å². The molecule has 0 saturated carbocycles. The van der Waals surface area contributed by atoms with E-state index in [0.29, 0.717) is 11.4 Å². The van der Waals surface area contributed by atoms with Crippen LogP contribution < -0.4 is 16.0 Å². The van der Waals surface area contributed by atoms with Gasteiger partial charge < -0.3 is 20.1 Å². The molecule has 35 heavy (non-hydrogen) atoms. The van der Waals surface area contributed by atoms with E-state index in [4.69, 9.17) is 0 Å². The second-order valence-electron chi connectivity index (χ2n) is 7.01. The first kappa shape index (κ1) is 25.3. The largest absolute Gasteiger partial charge is 0.453 e. The Kier molecular flexibility index (Phi) is 9.26. The predicted octanol–water partition coefficient (Wildman–Crippen LogP) is 4.91. The second-order valence-corrected chi connectivity index (χ2v) is 8.15. The van der Waals surface area contributed by atoms with Gasteiger partial charge >= 0.3 is 12.2 Å². The van der Waals surface area contributed by atoms with E-state index in [9.17, 15) is 14.4 Å². The lowest BCUT2D eigenvalue weighted by Gasteiger charge is -2.16. The molecule has 10 heteroatoms. The molecule has 3 N–H and O–H groups in total. The summed E-state index contributed by atoms with van der Waals surface area (Å²) in [4.78, 5) is 41.8. The SMILES string of the molecule is COC(=O)/N=C(/NC(=O)OC)Nc1cc(Sc2ccccc2)ccc1NC(=O)Cc1ccccc1. The number of anilines is 2. The number of carbonyl (C=O) groups is 3. The summed E-state index contributed by atoms with van der Waals surface area (Å²) in [6.07, 6.45) is -1.61. The van der Waals surface area contributed by atoms with Crippen molar-refractivity contribution in [2.45, 2.75) is 16.2 Å². The molecule has 0 saturated heterocycles. The minimum atomic E-state index is -0.937. The fourth-order valence-corrected chi connectivity index (χ4v) is 3.78. The molecule has 9 nitrogen and oxygen atoms in total. The number of nitrogens with one attached hydrogen (secondary N) is 3. The van der Waals surface area contributed by atoms with Gasteiger partial charge in [-0.05, 0) is 35.9 Å². The number of benzene rings is 3. The molecule has 0 aliphatic heterocycles. The number of rotatable bonds is 6. The van der Waals surface area contributed by atoms with Gasteiger partial charge in [-0.15, -0.1) is 4.99 Å². The highest BCUT2D eigenvalue weighted by molar-refractivity contribution is 7.99. The third-order valence-electron chi connectivity index (χ3n) is 4.49. The molecule has 3 aromatic carbocycles. The van der Waals surface area contributed by atoms with Crippen LogP contribution in [0.3, 0.4) is 0 Å². The van der Waals surface area contributed by atoms with Crippen molar-refractivity contribution in [2.24, 2.45) is 4.99 Å². The summed E-state index contributed by atoms with van der Waals surface area (Å²) in [5.41, 5.74) is 1.68. The molecule has 0 unspecified atom stereocenters. The van der Waals surface area contributed by atoms with Crippen molar-refractivity contribution in [1.29, 1.82) is 0 Å². The molecular weight excluding hydrogens is 468 g/mol. The van der Waals surface area contributed by atoms with Gasteiger partial charge in [-0.2, -0.15) is 0 Å². The van der Waals surface area contributed by atoms with E-state index in [0.717, 1.165) is 22.5 Å². The molecule has 0 aliphatic rings. The Bertz CT molecular complexity index is 1200. The highest BCUT2D eigenvalue weighted by Crippen LogP contribution is 2.33. The summed E-state index contributed by atoms with van der Waals surface area (Å²) < 4.78 is 9.17. The first-order valence-corrected chi connectivity index (χ1v) is 11.3. The van der Waals surface area contributed by atoms with Crippen molar-refractivity contribution < 1.29 is 23.9 Å². The fraction of sp³-hybridized carbons (Fsp3) is 0.120. The molecular formula is C25H24N4O5S. The van der Waals surface area contributed by atoms with Crippen LogP contribution in [0.25, 0.3) is 0 Å². The number of alkyl carbamates (subject to hydrolysis) is 1. The number of ether oxygens (including phenoxy) is 2. The van der Waals surface area contributed by atoms with E-state index in [2.05, 4.69) is 30.4 Å². The highest BCUT2D eigenvalue weighted by atomic mass is 32.2. The van der Waals surface area contributed by atoms with Crippen molar-refractivity contribution >= 4 is 47.2 Å². The lowest BCUT2D eigenvalue weighted by molar-refractivity contribution is -0.115. The third kappa shape index (κ3) is 8.20. The summed E-state index contributed by atoms with van der Waals surface area (Å²) in [7, 11) is 2.34. The Labute approximate surface area is 206 Å². The van der Waals surface area contributed by atoms with Crippen LogP contribution in [0.4, 0.5) is 21.0 Å². The van der Waals surface area contributed by atoms with Crippen LogP contribution in [0.1, 0.15) is 5.56 Å². The molecule has 3 aromatic rings. The number of amides is 3. The first-order chi connectivity index (χ1) is 17.0. The maximum absolute atomic E-state index is 12.7.